The largest absolute Gasteiger partial charge is 0.416 e. The van der Waals surface area contributed by atoms with Crippen molar-refractivity contribution in [2.24, 2.45) is 0 Å². The second kappa shape index (κ2) is 13.7. The highest BCUT2D eigenvalue weighted by atomic mass is 19.4. The number of hydrogen-bond donors (Lipinski definition) is 2. The molecule has 0 bridgehead atoms. The molecule has 44 heavy (non-hydrogen) atoms. The van der Waals surface area contributed by atoms with Crippen molar-refractivity contribution in [3.8, 4) is 0 Å². The molecule has 0 radical (unpaired) electrons. The molecular weight excluding hydrogens is 571 g/mol. The van der Waals surface area contributed by atoms with Crippen molar-refractivity contribution >= 4 is 11.9 Å². The molecule has 0 unspecified atom stereocenters. The number of benzene rings is 2. The number of anilines is 2. The number of alkyl halides is 3. The van der Waals surface area contributed by atoms with Gasteiger partial charge in [-0.15, -0.1) is 5.10 Å². The summed E-state index contributed by atoms with van der Waals surface area (Å²) in [7, 11) is 0. The van der Waals surface area contributed by atoms with Crippen LogP contribution in [0.3, 0.4) is 0 Å². The Hall–Kier alpha value is -4.04. The average Bonchev–Trinajstić information content (AvgIpc) is 3.68. The van der Waals surface area contributed by atoms with E-state index >= 15 is 0 Å². The standard InChI is InChI=1S/C17H25N5.C13H15F3N6/c1-17(2,3)15-6-4-14(5-7-15)12-22-16(19-13-20-22)21-10-8-18-9-11-21;14-13(15,16)11-3-1-10(2-4-11)9-22-19-12(18-20-22)21-7-5-17-6-8-21/h4-7,13,18H,8-12H2,1-3H3;1-4,17H,5-9H2. The molecule has 2 aromatic carbocycles. The van der Waals surface area contributed by atoms with Gasteiger partial charge in [-0.25, -0.2) is 4.68 Å². The van der Waals surface area contributed by atoms with Crippen LogP contribution < -0.4 is 20.4 Å². The predicted octanol–water partition coefficient (Wildman–Crippen LogP) is 3.18. The summed E-state index contributed by atoms with van der Waals surface area (Å²) in [5, 5.41) is 23.2. The number of aromatic nitrogens is 7. The van der Waals surface area contributed by atoms with E-state index in [1.807, 2.05) is 9.58 Å². The molecule has 14 heteroatoms. The Morgan fingerprint density at radius 3 is 1.84 bits per heavy atom. The molecule has 4 aromatic rings. The molecule has 6 rings (SSSR count). The highest BCUT2D eigenvalue weighted by molar-refractivity contribution is 5.33. The highest BCUT2D eigenvalue weighted by Crippen LogP contribution is 2.29. The third-order valence-corrected chi connectivity index (χ3v) is 7.59. The number of halogens is 3. The number of nitrogens with zero attached hydrogens (tertiary/aromatic N) is 9. The highest BCUT2D eigenvalue weighted by Gasteiger charge is 2.30. The van der Waals surface area contributed by atoms with Crippen LogP contribution in [0.25, 0.3) is 0 Å². The van der Waals surface area contributed by atoms with Crippen LogP contribution in [-0.2, 0) is 24.7 Å². The van der Waals surface area contributed by atoms with Crippen LogP contribution in [0.15, 0.2) is 54.9 Å². The van der Waals surface area contributed by atoms with Crippen molar-refractivity contribution in [2.45, 2.75) is 45.5 Å². The summed E-state index contributed by atoms with van der Waals surface area (Å²) < 4.78 is 39.5. The van der Waals surface area contributed by atoms with Gasteiger partial charge in [-0.3, -0.25) is 0 Å². The summed E-state index contributed by atoms with van der Waals surface area (Å²) in [6.45, 7) is 15.1. The maximum Gasteiger partial charge on any atom is 0.416 e. The molecule has 0 saturated carbocycles. The van der Waals surface area contributed by atoms with Gasteiger partial charge in [0.1, 0.15) is 6.33 Å². The normalized spacial score (nSPS) is 16.0. The molecule has 0 amide bonds. The quantitative estimate of drug-likeness (QED) is 0.340. The molecule has 2 N–H and O–H groups in total. The number of hydrogen-bond acceptors (Lipinski definition) is 9. The minimum atomic E-state index is -4.32. The summed E-state index contributed by atoms with van der Waals surface area (Å²) in [6.07, 6.45) is -2.67. The zero-order valence-corrected chi connectivity index (χ0v) is 25.4. The first-order valence-electron chi connectivity index (χ1n) is 14.9. The van der Waals surface area contributed by atoms with E-state index in [0.717, 1.165) is 77.0 Å². The summed E-state index contributed by atoms with van der Waals surface area (Å²) in [6, 6.07) is 13.8. The van der Waals surface area contributed by atoms with Gasteiger partial charge in [0.15, 0.2) is 0 Å². The van der Waals surface area contributed by atoms with Crippen LogP contribution in [0.4, 0.5) is 25.1 Å². The van der Waals surface area contributed by atoms with E-state index in [1.54, 1.807) is 6.33 Å². The lowest BCUT2D eigenvalue weighted by atomic mass is 9.87. The summed E-state index contributed by atoms with van der Waals surface area (Å²) in [5.74, 6) is 1.52. The summed E-state index contributed by atoms with van der Waals surface area (Å²) in [5.41, 5.74) is 2.84. The first kappa shape index (κ1) is 31.4. The zero-order chi connectivity index (χ0) is 31.2. The fourth-order valence-electron chi connectivity index (χ4n) is 5.02. The zero-order valence-electron chi connectivity index (χ0n) is 25.4. The Balaban J connectivity index is 0.000000175. The van der Waals surface area contributed by atoms with Crippen LogP contribution in [-0.4, -0.2) is 87.3 Å². The van der Waals surface area contributed by atoms with Crippen LogP contribution in [0.1, 0.15) is 43.0 Å². The van der Waals surface area contributed by atoms with Crippen molar-refractivity contribution in [1.29, 1.82) is 0 Å². The van der Waals surface area contributed by atoms with Gasteiger partial charge in [0.05, 0.1) is 18.7 Å². The van der Waals surface area contributed by atoms with Crippen LogP contribution >= 0.6 is 0 Å². The lowest BCUT2D eigenvalue weighted by molar-refractivity contribution is -0.137. The van der Waals surface area contributed by atoms with E-state index in [-0.39, 0.29) is 12.0 Å². The van der Waals surface area contributed by atoms with Gasteiger partial charge < -0.3 is 20.4 Å². The molecular formula is C30H40F3N11. The second-order valence-corrected chi connectivity index (χ2v) is 12.0. The number of tetrazole rings is 1. The molecule has 2 aromatic heterocycles. The monoisotopic (exact) mass is 611 g/mol. The van der Waals surface area contributed by atoms with E-state index in [0.29, 0.717) is 11.5 Å². The first-order valence-corrected chi connectivity index (χ1v) is 14.9. The van der Waals surface area contributed by atoms with E-state index in [4.69, 9.17) is 0 Å². The van der Waals surface area contributed by atoms with Gasteiger partial charge in [0.25, 0.3) is 5.95 Å². The van der Waals surface area contributed by atoms with Crippen LogP contribution in [0.5, 0.6) is 0 Å². The third kappa shape index (κ3) is 8.32. The molecule has 2 saturated heterocycles. The fraction of sp³-hybridized carbons (Fsp3) is 0.500. The lowest BCUT2D eigenvalue weighted by Crippen LogP contribution is -2.44. The fourth-order valence-corrected chi connectivity index (χ4v) is 5.02. The van der Waals surface area contributed by atoms with E-state index < -0.39 is 11.7 Å². The molecule has 2 fully saturated rings. The van der Waals surface area contributed by atoms with Gasteiger partial charge in [-0.05, 0) is 39.5 Å². The minimum absolute atomic E-state index is 0.192. The molecule has 2 aliphatic heterocycles. The maximum atomic E-state index is 12.5. The number of rotatable bonds is 6. The van der Waals surface area contributed by atoms with Crippen LogP contribution in [0, 0.1) is 0 Å². The van der Waals surface area contributed by atoms with Crippen molar-refractivity contribution in [3.63, 3.8) is 0 Å². The lowest BCUT2D eigenvalue weighted by Gasteiger charge is -2.28. The van der Waals surface area contributed by atoms with Gasteiger partial charge in [-0.1, -0.05) is 62.3 Å². The van der Waals surface area contributed by atoms with Crippen molar-refractivity contribution < 1.29 is 13.2 Å². The van der Waals surface area contributed by atoms with Crippen molar-refractivity contribution in [1.82, 2.24) is 45.6 Å². The Morgan fingerprint density at radius 2 is 1.27 bits per heavy atom. The van der Waals surface area contributed by atoms with Crippen molar-refractivity contribution in [2.75, 3.05) is 62.2 Å². The molecule has 4 heterocycles. The smallest absolute Gasteiger partial charge is 0.338 e. The summed E-state index contributed by atoms with van der Waals surface area (Å²) >= 11 is 0. The van der Waals surface area contributed by atoms with E-state index in [1.165, 1.54) is 28.1 Å². The molecule has 0 aliphatic carbocycles. The topological polar surface area (TPSA) is 105 Å². The average molecular weight is 612 g/mol. The van der Waals surface area contributed by atoms with Gasteiger partial charge >= 0.3 is 6.18 Å². The number of piperazine rings is 2. The van der Waals surface area contributed by atoms with Gasteiger partial charge in [0, 0.05) is 52.4 Å². The Kier molecular flexibility index (Phi) is 9.79. The molecule has 0 atom stereocenters. The first-order chi connectivity index (χ1) is 21.1. The minimum Gasteiger partial charge on any atom is -0.338 e. The van der Waals surface area contributed by atoms with E-state index in [2.05, 4.69) is 86.1 Å². The SMILES string of the molecule is CC(C)(C)c1ccc(Cn2ncnc2N2CCNCC2)cc1.FC(F)(F)c1ccc(Cn2nnc(N3CCNCC3)n2)cc1. The Labute approximate surface area is 255 Å². The number of nitrogens with one attached hydrogen (secondary N) is 2. The summed E-state index contributed by atoms with van der Waals surface area (Å²) in [4.78, 5) is 10.2. The van der Waals surface area contributed by atoms with E-state index in [9.17, 15) is 13.2 Å². The molecule has 0 spiro atoms. The van der Waals surface area contributed by atoms with Crippen molar-refractivity contribution in [3.05, 3.63) is 77.1 Å². The second-order valence-electron chi connectivity index (χ2n) is 12.0. The maximum absolute atomic E-state index is 12.5. The molecule has 2 aliphatic rings. The Bertz CT molecular complexity index is 1450. The molecule has 11 nitrogen and oxygen atoms in total. The van der Waals surface area contributed by atoms with Crippen LogP contribution in [0.2, 0.25) is 0 Å². The predicted molar refractivity (Wildman–Crippen MR) is 163 cm³/mol. The van der Waals surface area contributed by atoms with Gasteiger partial charge in [-0.2, -0.15) is 28.1 Å². The molecule has 236 valence electrons. The Morgan fingerprint density at radius 1 is 0.727 bits per heavy atom. The van der Waals surface area contributed by atoms with Gasteiger partial charge in [0.2, 0.25) is 5.95 Å². The third-order valence-electron chi connectivity index (χ3n) is 7.59.